The van der Waals surface area contributed by atoms with Crippen molar-refractivity contribution in [3.05, 3.63) is 33.5 Å². The molecule has 4 heterocycles. The molecule has 2 aliphatic heterocycles. The van der Waals surface area contributed by atoms with Gasteiger partial charge < -0.3 is 26.7 Å². The van der Waals surface area contributed by atoms with E-state index in [0.29, 0.717) is 15.5 Å². The Hall–Kier alpha value is -3.15. The van der Waals surface area contributed by atoms with E-state index >= 15 is 0 Å². The van der Waals surface area contributed by atoms with E-state index in [1.807, 2.05) is 0 Å². The molecular weight excluding hydrogens is 539 g/mol. The zero-order valence-electron chi connectivity index (χ0n) is 17.8. The summed E-state index contributed by atoms with van der Waals surface area (Å²) in [6.07, 6.45) is 0. The van der Waals surface area contributed by atoms with Crippen LogP contribution in [-0.4, -0.2) is 79.4 Å². The van der Waals surface area contributed by atoms with Crippen LogP contribution in [0.3, 0.4) is 0 Å². The van der Waals surface area contributed by atoms with E-state index in [9.17, 15) is 24.3 Å². The Morgan fingerprint density at radius 2 is 2.17 bits per heavy atom. The van der Waals surface area contributed by atoms with Crippen molar-refractivity contribution in [1.82, 2.24) is 20.2 Å². The summed E-state index contributed by atoms with van der Waals surface area (Å²) in [4.78, 5) is 63.1. The average molecular weight is 556 g/mol. The van der Waals surface area contributed by atoms with Crippen LogP contribution in [0.2, 0.25) is 0 Å². The number of hydrogen-bond donors (Lipinski definition) is 4. The van der Waals surface area contributed by atoms with Gasteiger partial charge in [-0.1, -0.05) is 5.16 Å². The van der Waals surface area contributed by atoms with Crippen LogP contribution in [0.1, 0.15) is 16.2 Å². The first-order chi connectivity index (χ1) is 16.7. The second-order valence-electron chi connectivity index (χ2n) is 6.95. The summed E-state index contributed by atoms with van der Waals surface area (Å²) in [6, 6.07) is -0.961. The molecular formula is C18H17N7O6S4. The third-order valence-electron chi connectivity index (χ3n) is 4.84. The molecule has 1 fully saturated rings. The number of nitrogen functional groups attached to an aromatic ring is 1. The number of amides is 3. The molecule has 184 valence electrons. The smallest absolute Gasteiger partial charge is 0.352 e. The highest BCUT2D eigenvalue weighted by Crippen LogP contribution is 2.42. The minimum Gasteiger partial charge on any atom is -0.477 e. The molecule has 2 aromatic heterocycles. The topological polar surface area (TPSA) is 203 Å². The Morgan fingerprint density at radius 3 is 2.80 bits per heavy atom. The van der Waals surface area contributed by atoms with Crippen LogP contribution in [0.15, 0.2) is 31.5 Å². The largest absolute Gasteiger partial charge is 0.477 e. The first kappa shape index (κ1) is 25.0. The highest BCUT2D eigenvalue weighted by molar-refractivity contribution is 8.02. The van der Waals surface area contributed by atoms with Crippen LogP contribution >= 0.6 is 46.2 Å². The number of aliphatic carboxylic acids is 1. The number of aromatic nitrogens is 2. The van der Waals surface area contributed by atoms with E-state index in [2.05, 4.69) is 20.4 Å². The molecule has 2 aliphatic rings. The van der Waals surface area contributed by atoms with Gasteiger partial charge in [0.2, 0.25) is 0 Å². The molecule has 1 saturated heterocycles. The van der Waals surface area contributed by atoms with Crippen LogP contribution in [0, 0.1) is 0 Å². The van der Waals surface area contributed by atoms with E-state index < -0.39 is 35.1 Å². The number of carboxylic acids is 1. The molecule has 4 rings (SSSR count). The molecule has 35 heavy (non-hydrogen) atoms. The zero-order chi connectivity index (χ0) is 25.3. The Labute approximate surface area is 214 Å². The highest BCUT2D eigenvalue weighted by Gasteiger charge is 2.54. The fraction of sp³-hybridized carbons (Fsp3) is 0.278. The zero-order valence-corrected chi connectivity index (χ0v) is 21.1. The minimum atomic E-state index is -1.26. The molecule has 6 N–H and O–H groups in total. The van der Waals surface area contributed by atoms with Gasteiger partial charge in [-0.15, -0.1) is 46.2 Å². The summed E-state index contributed by atoms with van der Waals surface area (Å²) < 4.78 is 0.564. The second kappa shape index (κ2) is 10.2. The molecule has 0 saturated carbocycles. The van der Waals surface area contributed by atoms with Crippen LogP contribution in [-0.2, 0) is 19.2 Å². The van der Waals surface area contributed by atoms with Gasteiger partial charge in [-0.05, 0) is 5.57 Å². The number of carbonyl (C=O) groups is 4. The number of oxime groups is 1. The lowest BCUT2D eigenvalue weighted by atomic mass is 10.0. The number of nitrogens with one attached hydrogen (secondary N) is 1. The highest BCUT2D eigenvalue weighted by atomic mass is 32.2. The summed E-state index contributed by atoms with van der Waals surface area (Å²) in [6.45, 7) is 0. The number of hydrogen-bond acceptors (Lipinski definition) is 13. The molecule has 0 aliphatic carbocycles. The molecule has 0 bridgehead atoms. The Morgan fingerprint density at radius 1 is 1.40 bits per heavy atom. The van der Waals surface area contributed by atoms with Gasteiger partial charge in [-0.3, -0.25) is 19.3 Å². The third kappa shape index (κ3) is 4.84. The van der Waals surface area contributed by atoms with Gasteiger partial charge in [0, 0.05) is 16.9 Å². The predicted molar refractivity (Wildman–Crippen MR) is 131 cm³/mol. The van der Waals surface area contributed by atoms with Crippen molar-refractivity contribution in [2.75, 3.05) is 24.3 Å². The maximum atomic E-state index is 12.9. The number of primary amides is 1. The van der Waals surface area contributed by atoms with Crippen LogP contribution in [0.5, 0.6) is 0 Å². The lowest BCUT2D eigenvalue weighted by molar-refractivity contribution is -0.150. The second-order valence-corrected chi connectivity index (χ2v) is 11.0. The van der Waals surface area contributed by atoms with Crippen molar-refractivity contribution in [3.63, 3.8) is 0 Å². The first-order valence-electron chi connectivity index (χ1n) is 9.62. The van der Waals surface area contributed by atoms with Gasteiger partial charge in [0.05, 0.1) is 9.72 Å². The average Bonchev–Trinajstić information content (AvgIpc) is 3.47. The number of carbonyl (C=O) groups excluding carboxylic acids is 3. The summed E-state index contributed by atoms with van der Waals surface area (Å²) >= 11 is 4.87. The van der Waals surface area contributed by atoms with Gasteiger partial charge in [0.25, 0.3) is 17.7 Å². The van der Waals surface area contributed by atoms with Crippen LogP contribution in [0.25, 0.3) is 0 Å². The summed E-state index contributed by atoms with van der Waals surface area (Å²) in [5, 5.41) is 17.3. The van der Waals surface area contributed by atoms with Crippen molar-refractivity contribution < 1.29 is 29.1 Å². The lowest BCUT2D eigenvalue weighted by Gasteiger charge is -2.49. The summed E-state index contributed by atoms with van der Waals surface area (Å²) in [5.74, 6) is -2.68. The molecule has 13 nitrogen and oxygen atoms in total. The van der Waals surface area contributed by atoms with E-state index in [1.54, 1.807) is 0 Å². The number of thiazole rings is 2. The van der Waals surface area contributed by atoms with E-state index in [1.165, 1.54) is 52.9 Å². The fourth-order valence-electron chi connectivity index (χ4n) is 3.35. The van der Waals surface area contributed by atoms with Crippen molar-refractivity contribution in [3.8, 4) is 0 Å². The van der Waals surface area contributed by atoms with Crippen molar-refractivity contribution >= 4 is 80.7 Å². The summed E-state index contributed by atoms with van der Waals surface area (Å²) in [7, 11) is 1.26. The molecule has 2 atom stereocenters. The quantitative estimate of drug-likeness (QED) is 0.142. The maximum absolute atomic E-state index is 12.9. The normalized spacial score (nSPS) is 19.7. The van der Waals surface area contributed by atoms with Gasteiger partial charge >= 0.3 is 5.97 Å². The van der Waals surface area contributed by atoms with Gasteiger partial charge in [0.15, 0.2) is 16.5 Å². The van der Waals surface area contributed by atoms with Crippen LogP contribution in [0.4, 0.5) is 5.13 Å². The van der Waals surface area contributed by atoms with E-state index in [0.717, 1.165) is 16.2 Å². The molecule has 1 unspecified atom stereocenters. The molecule has 2 aromatic rings. The summed E-state index contributed by atoms with van der Waals surface area (Å²) in [5.41, 5.74) is 12.9. The van der Waals surface area contributed by atoms with Crippen LogP contribution < -0.4 is 16.8 Å². The minimum absolute atomic E-state index is 0.122. The van der Waals surface area contributed by atoms with E-state index in [4.69, 9.17) is 16.3 Å². The number of β-lactam (4-membered cyclic amide) rings is 1. The molecule has 0 radical (unpaired) electrons. The third-order valence-corrected chi connectivity index (χ3v) is 9.07. The molecule has 17 heteroatoms. The maximum Gasteiger partial charge on any atom is 0.352 e. The van der Waals surface area contributed by atoms with Crippen molar-refractivity contribution in [1.29, 1.82) is 0 Å². The van der Waals surface area contributed by atoms with Crippen molar-refractivity contribution in [2.45, 2.75) is 15.6 Å². The molecule has 0 spiro atoms. The Bertz CT molecular complexity index is 1270. The monoisotopic (exact) mass is 555 g/mol. The number of fused-ring (bicyclic) bond motifs is 1. The van der Waals surface area contributed by atoms with Crippen molar-refractivity contribution in [2.24, 2.45) is 10.9 Å². The lowest BCUT2D eigenvalue weighted by Crippen LogP contribution is -2.71. The number of thioether (sulfide) groups is 2. The van der Waals surface area contributed by atoms with Gasteiger partial charge in [-0.25, -0.2) is 14.8 Å². The molecule has 3 amide bonds. The fourth-order valence-corrected chi connectivity index (χ4v) is 7.30. The van der Waals surface area contributed by atoms with E-state index in [-0.39, 0.29) is 33.7 Å². The Balaban J connectivity index is 1.50. The van der Waals surface area contributed by atoms with Gasteiger partial charge in [-0.2, -0.15) is 0 Å². The van der Waals surface area contributed by atoms with Gasteiger partial charge in [0.1, 0.15) is 29.9 Å². The number of nitrogens with two attached hydrogens (primary N) is 2. The number of nitrogens with zero attached hydrogens (tertiary/aromatic N) is 4. The first-order valence-corrected chi connectivity index (χ1v) is 13.4. The standard InChI is InChI=1S/C18H17N7O6S4/c1-31-24-8(7-4-34-18(20)22-7)13(27)23-10-14(28)25-11(16(29)30)6(2-32-15(10)25)3-33-17-9(12(19)26)21-5-35-17/h4-5,10,15H,2-3H2,1H3,(H2,19,26)(H2,20,22)(H,23,27)(H,29,30)/t10?,15-/m0/s1. The molecule has 0 aromatic carbocycles. The number of rotatable bonds is 9. The number of anilines is 1. The predicted octanol–water partition coefficient (Wildman–Crippen LogP) is 0.162. The Kier molecular flexibility index (Phi) is 7.29. The SMILES string of the molecule is CON=C(C(=O)NC1C(=O)N2C(C(=O)O)=C(CSc3scnc3C(N)=O)CS[C@@H]12)c1csc(N)n1. The number of carboxylic acid groups (broad SMARTS) is 1.